The SMILES string of the molecule is CCNC(=NCC(C)CN1CCN(C)CC1)NC(C)c1ccc(Cl)cc1Cl.I. The van der Waals surface area contributed by atoms with Crippen LogP contribution in [-0.2, 0) is 0 Å². The van der Waals surface area contributed by atoms with Gasteiger partial charge in [-0.15, -0.1) is 24.0 Å². The smallest absolute Gasteiger partial charge is 0.191 e. The molecule has 2 unspecified atom stereocenters. The number of nitrogens with one attached hydrogen (secondary N) is 2. The zero-order valence-electron chi connectivity index (χ0n) is 17.3. The number of piperazine rings is 1. The maximum atomic E-state index is 6.34. The van der Waals surface area contributed by atoms with Gasteiger partial charge in [0.05, 0.1) is 6.04 Å². The average molecular weight is 542 g/mol. The first-order valence-electron chi connectivity index (χ1n) is 9.79. The van der Waals surface area contributed by atoms with Crippen molar-refractivity contribution in [3.63, 3.8) is 0 Å². The summed E-state index contributed by atoms with van der Waals surface area (Å²) in [7, 11) is 2.19. The molecule has 1 aromatic carbocycles. The summed E-state index contributed by atoms with van der Waals surface area (Å²) in [5.41, 5.74) is 1.01. The molecular formula is C20H34Cl2IN5. The zero-order valence-corrected chi connectivity index (χ0v) is 21.2. The third kappa shape index (κ3) is 8.61. The van der Waals surface area contributed by atoms with Crippen LogP contribution in [0.1, 0.15) is 32.4 Å². The second-order valence-corrected chi connectivity index (χ2v) is 8.30. The predicted octanol–water partition coefficient (Wildman–Crippen LogP) is 4.11. The van der Waals surface area contributed by atoms with Crippen molar-refractivity contribution in [3.8, 4) is 0 Å². The van der Waals surface area contributed by atoms with Crippen molar-refractivity contribution in [2.75, 3.05) is 52.9 Å². The predicted molar refractivity (Wildman–Crippen MR) is 133 cm³/mol. The van der Waals surface area contributed by atoms with Crippen LogP contribution in [0.15, 0.2) is 23.2 Å². The van der Waals surface area contributed by atoms with Gasteiger partial charge in [-0.05, 0) is 44.5 Å². The molecule has 1 aromatic rings. The van der Waals surface area contributed by atoms with E-state index in [1.54, 1.807) is 6.07 Å². The Balaban J connectivity index is 0.00000392. The molecule has 0 bridgehead atoms. The number of hydrogen-bond donors (Lipinski definition) is 2. The van der Waals surface area contributed by atoms with E-state index in [1.807, 2.05) is 12.1 Å². The first-order chi connectivity index (χ1) is 12.9. The Morgan fingerprint density at radius 3 is 2.46 bits per heavy atom. The summed E-state index contributed by atoms with van der Waals surface area (Å²) in [5, 5.41) is 8.09. The van der Waals surface area contributed by atoms with Crippen molar-refractivity contribution in [2.45, 2.75) is 26.8 Å². The van der Waals surface area contributed by atoms with Crippen molar-refractivity contribution >= 4 is 53.1 Å². The van der Waals surface area contributed by atoms with E-state index in [0.717, 1.165) is 57.3 Å². The molecule has 5 nitrogen and oxygen atoms in total. The highest BCUT2D eigenvalue weighted by molar-refractivity contribution is 14.0. The molecule has 0 amide bonds. The van der Waals surface area contributed by atoms with E-state index < -0.39 is 0 Å². The lowest BCUT2D eigenvalue weighted by atomic mass is 10.1. The van der Waals surface area contributed by atoms with Crippen LogP contribution in [0.4, 0.5) is 0 Å². The first-order valence-corrected chi connectivity index (χ1v) is 10.5. The van der Waals surface area contributed by atoms with Gasteiger partial charge in [0.25, 0.3) is 0 Å². The van der Waals surface area contributed by atoms with Crippen molar-refractivity contribution in [1.29, 1.82) is 0 Å². The number of benzene rings is 1. The number of aliphatic imine (C=N–C) groups is 1. The number of nitrogens with zero attached hydrogens (tertiary/aromatic N) is 3. The van der Waals surface area contributed by atoms with Crippen LogP contribution in [-0.4, -0.2) is 68.6 Å². The maximum absolute atomic E-state index is 6.34. The lowest BCUT2D eigenvalue weighted by Gasteiger charge is -2.33. The Hall–Kier alpha value is -0.280. The van der Waals surface area contributed by atoms with Crippen LogP contribution in [0.3, 0.4) is 0 Å². The molecule has 2 N–H and O–H groups in total. The van der Waals surface area contributed by atoms with Crippen LogP contribution in [0, 0.1) is 5.92 Å². The monoisotopic (exact) mass is 541 g/mol. The van der Waals surface area contributed by atoms with E-state index >= 15 is 0 Å². The topological polar surface area (TPSA) is 42.9 Å². The second kappa shape index (κ2) is 13.1. The molecule has 1 fully saturated rings. The molecule has 0 radical (unpaired) electrons. The van der Waals surface area contributed by atoms with Crippen LogP contribution in [0.5, 0.6) is 0 Å². The molecule has 0 aliphatic carbocycles. The first kappa shape index (κ1) is 25.8. The van der Waals surface area contributed by atoms with Crippen molar-refractivity contribution in [1.82, 2.24) is 20.4 Å². The summed E-state index contributed by atoms with van der Waals surface area (Å²) >= 11 is 12.3. The van der Waals surface area contributed by atoms with E-state index in [9.17, 15) is 0 Å². The van der Waals surface area contributed by atoms with Crippen LogP contribution >= 0.6 is 47.2 Å². The van der Waals surface area contributed by atoms with Gasteiger partial charge in [0.2, 0.25) is 0 Å². The summed E-state index contributed by atoms with van der Waals surface area (Å²) in [6.45, 7) is 13.7. The molecule has 8 heteroatoms. The fraction of sp³-hybridized carbons (Fsp3) is 0.650. The fourth-order valence-electron chi connectivity index (χ4n) is 3.23. The largest absolute Gasteiger partial charge is 0.357 e. The Morgan fingerprint density at radius 1 is 1.18 bits per heavy atom. The van der Waals surface area contributed by atoms with Crippen molar-refractivity contribution in [3.05, 3.63) is 33.8 Å². The van der Waals surface area contributed by atoms with E-state index in [2.05, 4.69) is 48.3 Å². The molecule has 1 saturated heterocycles. The van der Waals surface area contributed by atoms with E-state index in [1.165, 1.54) is 0 Å². The molecule has 0 aromatic heterocycles. The summed E-state index contributed by atoms with van der Waals surface area (Å²) in [6.07, 6.45) is 0. The Bertz CT molecular complexity index is 621. The summed E-state index contributed by atoms with van der Waals surface area (Å²) < 4.78 is 0. The molecule has 2 atom stereocenters. The molecule has 0 spiro atoms. The zero-order chi connectivity index (χ0) is 19.8. The third-order valence-corrected chi connectivity index (χ3v) is 5.42. The molecule has 0 saturated carbocycles. The van der Waals surface area contributed by atoms with Gasteiger partial charge in [0, 0.05) is 55.9 Å². The number of halogens is 3. The van der Waals surface area contributed by atoms with Gasteiger partial charge in [0.15, 0.2) is 5.96 Å². The number of likely N-dealkylation sites (N-methyl/N-ethyl adjacent to an activating group) is 1. The Morgan fingerprint density at radius 2 is 1.86 bits per heavy atom. The quantitative estimate of drug-likeness (QED) is 0.310. The molecular weight excluding hydrogens is 508 g/mol. The Labute approximate surface area is 197 Å². The highest BCUT2D eigenvalue weighted by Crippen LogP contribution is 2.26. The van der Waals surface area contributed by atoms with Crippen molar-refractivity contribution in [2.24, 2.45) is 10.9 Å². The second-order valence-electron chi connectivity index (χ2n) is 7.46. The highest BCUT2D eigenvalue weighted by Gasteiger charge is 2.16. The van der Waals surface area contributed by atoms with Crippen LogP contribution in [0.2, 0.25) is 10.0 Å². The van der Waals surface area contributed by atoms with E-state index in [0.29, 0.717) is 16.0 Å². The summed E-state index contributed by atoms with van der Waals surface area (Å²) in [4.78, 5) is 9.72. The van der Waals surface area contributed by atoms with Gasteiger partial charge in [-0.1, -0.05) is 36.2 Å². The van der Waals surface area contributed by atoms with Crippen LogP contribution in [0.25, 0.3) is 0 Å². The minimum Gasteiger partial charge on any atom is -0.357 e. The van der Waals surface area contributed by atoms with Gasteiger partial charge in [-0.3, -0.25) is 4.99 Å². The maximum Gasteiger partial charge on any atom is 0.191 e. The number of hydrogen-bond acceptors (Lipinski definition) is 3. The molecule has 1 heterocycles. The minimum absolute atomic E-state index is 0. The third-order valence-electron chi connectivity index (χ3n) is 4.85. The van der Waals surface area contributed by atoms with Crippen molar-refractivity contribution < 1.29 is 0 Å². The lowest BCUT2D eigenvalue weighted by Crippen LogP contribution is -2.46. The molecule has 28 heavy (non-hydrogen) atoms. The number of guanidine groups is 1. The van der Waals surface area contributed by atoms with E-state index in [4.69, 9.17) is 28.2 Å². The van der Waals surface area contributed by atoms with Gasteiger partial charge < -0.3 is 20.4 Å². The van der Waals surface area contributed by atoms with E-state index in [-0.39, 0.29) is 30.0 Å². The highest BCUT2D eigenvalue weighted by atomic mass is 127. The fourth-order valence-corrected chi connectivity index (χ4v) is 3.80. The summed E-state index contributed by atoms with van der Waals surface area (Å²) in [6, 6.07) is 5.64. The standard InChI is InChI=1S/C20H33Cl2N5.HI/c1-5-23-20(25-16(3)18-7-6-17(21)12-19(18)22)24-13-15(2)14-27-10-8-26(4)9-11-27;/h6-7,12,15-16H,5,8-11,13-14H2,1-4H3,(H2,23,24,25);1H. The van der Waals surface area contributed by atoms with Crippen LogP contribution < -0.4 is 10.6 Å². The van der Waals surface area contributed by atoms with Gasteiger partial charge >= 0.3 is 0 Å². The normalized spacial score (nSPS) is 18.3. The molecule has 1 aliphatic heterocycles. The van der Waals surface area contributed by atoms with Gasteiger partial charge in [0.1, 0.15) is 0 Å². The van der Waals surface area contributed by atoms with Gasteiger partial charge in [-0.2, -0.15) is 0 Å². The summed E-state index contributed by atoms with van der Waals surface area (Å²) in [5.74, 6) is 1.33. The molecule has 160 valence electrons. The number of rotatable bonds is 7. The Kier molecular flexibility index (Phi) is 12.1. The minimum atomic E-state index is 0. The lowest BCUT2D eigenvalue weighted by molar-refractivity contribution is 0.140. The molecule has 2 rings (SSSR count). The average Bonchev–Trinajstić information content (AvgIpc) is 2.61. The van der Waals surface area contributed by atoms with Gasteiger partial charge in [-0.25, -0.2) is 0 Å². The molecule has 1 aliphatic rings.